The maximum absolute atomic E-state index is 2.45. The van der Waals surface area contributed by atoms with Crippen molar-refractivity contribution in [2.75, 3.05) is 0 Å². The van der Waals surface area contributed by atoms with Crippen molar-refractivity contribution < 1.29 is 0 Å². The quantitative estimate of drug-likeness (QED) is 0.681. The average Bonchev–Trinajstić information content (AvgIpc) is 3.08. The van der Waals surface area contributed by atoms with Crippen LogP contribution in [-0.4, -0.2) is 0 Å². The summed E-state index contributed by atoms with van der Waals surface area (Å²) >= 11 is 0. The molecule has 0 saturated carbocycles. The van der Waals surface area contributed by atoms with E-state index in [1.54, 1.807) is 0 Å². The van der Waals surface area contributed by atoms with Gasteiger partial charge in [-0.25, -0.2) is 0 Å². The molecule has 104 valence electrons. The fourth-order valence-electron chi connectivity index (χ4n) is 3.75. The van der Waals surface area contributed by atoms with Crippen LogP contribution in [-0.2, 0) is 6.42 Å². The Balaban J connectivity index is 1.53. The van der Waals surface area contributed by atoms with Crippen LogP contribution in [0, 0.1) is 0 Å². The Morgan fingerprint density at radius 1 is 0.857 bits per heavy atom. The third-order valence-corrected chi connectivity index (χ3v) is 4.84. The molecule has 1 unspecified atom stereocenters. The van der Waals surface area contributed by atoms with Gasteiger partial charge in [0.15, 0.2) is 0 Å². The summed E-state index contributed by atoms with van der Waals surface area (Å²) in [5, 5.41) is 0. The number of allylic oxidation sites excluding steroid dienone is 4. The topological polar surface area (TPSA) is 0 Å². The van der Waals surface area contributed by atoms with Gasteiger partial charge in [-0.05, 0) is 52.7 Å². The average molecular weight is 272 g/mol. The second-order valence-corrected chi connectivity index (χ2v) is 6.16. The van der Waals surface area contributed by atoms with Crippen LogP contribution < -0.4 is 0 Å². The Labute approximate surface area is 126 Å². The van der Waals surface area contributed by atoms with Crippen molar-refractivity contribution in [3.8, 4) is 0 Å². The van der Waals surface area contributed by atoms with Gasteiger partial charge < -0.3 is 0 Å². The highest BCUT2D eigenvalue weighted by Crippen LogP contribution is 2.40. The Hall–Kier alpha value is -2.08. The molecule has 0 fully saturated rings. The van der Waals surface area contributed by atoms with Crippen molar-refractivity contribution in [2.24, 2.45) is 0 Å². The third-order valence-electron chi connectivity index (χ3n) is 4.84. The molecule has 0 bridgehead atoms. The lowest BCUT2D eigenvalue weighted by atomic mass is 9.96. The van der Waals surface area contributed by atoms with Crippen molar-refractivity contribution in [2.45, 2.75) is 32.1 Å². The molecule has 4 rings (SSSR count). The number of fused-ring (bicyclic) bond motifs is 2. The molecular formula is C21H20. The fourth-order valence-corrected chi connectivity index (χ4v) is 3.75. The molecule has 0 saturated heterocycles. The lowest BCUT2D eigenvalue weighted by Crippen LogP contribution is -1.88. The third kappa shape index (κ3) is 2.15. The highest BCUT2D eigenvalue weighted by atomic mass is 14.2. The molecule has 0 heterocycles. The first kappa shape index (κ1) is 12.6. The van der Waals surface area contributed by atoms with Gasteiger partial charge in [-0.15, -0.1) is 0 Å². The maximum Gasteiger partial charge on any atom is 0.000163 e. The first-order chi connectivity index (χ1) is 10.3. The summed E-state index contributed by atoms with van der Waals surface area (Å²) in [7, 11) is 0. The minimum absolute atomic E-state index is 0.570. The van der Waals surface area contributed by atoms with Crippen LogP contribution in [0.15, 0.2) is 60.7 Å². The minimum atomic E-state index is 0.570. The van der Waals surface area contributed by atoms with E-state index in [0.717, 1.165) is 19.3 Å². The van der Waals surface area contributed by atoms with Crippen molar-refractivity contribution in [1.29, 1.82) is 0 Å². The highest BCUT2D eigenvalue weighted by Gasteiger charge is 2.20. The van der Waals surface area contributed by atoms with Crippen LogP contribution >= 0.6 is 0 Å². The summed E-state index contributed by atoms with van der Waals surface area (Å²) in [5.74, 6) is 0.570. The van der Waals surface area contributed by atoms with E-state index in [0.29, 0.717) is 5.92 Å². The summed E-state index contributed by atoms with van der Waals surface area (Å²) in [6.07, 6.45) is 8.28. The second kappa shape index (κ2) is 5.04. The van der Waals surface area contributed by atoms with Gasteiger partial charge in [0.05, 0.1) is 0 Å². The molecule has 1 atom stereocenters. The molecule has 0 aliphatic heterocycles. The molecule has 2 aliphatic rings. The molecule has 0 nitrogen and oxygen atoms in total. The SMILES string of the molecule is CC1C=C(CCC2=CCc3ccccc32)c2ccccc21. The van der Waals surface area contributed by atoms with Gasteiger partial charge in [0.25, 0.3) is 0 Å². The van der Waals surface area contributed by atoms with Crippen LogP contribution in [0.4, 0.5) is 0 Å². The van der Waals surface area contributed by atoms with Crippen LogP contribution in [0.3, 0.4) is 0 Å². The summed E-state index contributed by atoms with van der Waals surface area (Å²) < 4.78 is 0. The summed E-state index contributed by atoms with van der Waals surface area (Å²) in [4.78, 5) is 0. The van der Waals surface area contributed by atoms with E-state index in [-0.39, 0.29) is 0 Å². The second-order valence-electron chi connectivity index (χ2n) is 6.16. The summed E-state index contributed by atoms with van der Waals surface area (Å²) in [5.41, 5.74) is 8.98. The van der Waals surface area contributed by atoms with E-state index in [2.05, 4.69) is 67.6 Å². The lowest BCUT2D eigenvalue weighted by molar-refractivity contribution is 0.988. The maximum atomic E-state index is 2.45. The Morgan fingerprint density at radius 2 is 1.57 bits per heavy atom. The van der Waals surface area contributed by atoms with E-state index in [9.17, 15) is 0 Å². The van der Waals surface area contributed by atoms with Gasteiger partial charge in [-0.3, -0.25) is 0 Å². The number of hydrogen-bond donors (Lipinski definition) is 0. The van der Waals surface area contributed by atoms with E-state index in [1.165, 1.54) is 33.4 Å². The van der Waals surface area contributed by atoms with Crippen LogP contribution in [0.5, 0.6) is 0 Å². The van der Waals surface area contributed by atoms with Crippen molar-refractivity contribution >= 4 is 11.1 Å². The molecule has 2 aromatic carbocycles. The Morgan fingerprint density at radius 3 is 2.48 bits per heavy atom. The van der Waals surface area contributed by atoms with Gasteiger partial charge in [0.1, 0.15) is 0 Å². The number of benzene rings is 2. The van der Waals surface area contributed by atoms with E-state index < -0.39 is 0 Å². The standard InChI is InChI=1S/C21H20/c1-15-14-18(21-9-5-4-7-19(15)21)13-12-17-11-10-16-6-2-3-8-20(16)17/h2-9,11,14-15H,10,12-13H2,1H3. The van der Waals surface area contributed by atoms with Gasteiger partial charge in [-0.2, -0.15) is 0 Å². The predicted octanol–water partition coefficient (Wildman–Crippen LogP) is 5.61. The highest BCUT2D eigenvalue weighted by molar-refractivity contribution is 5.78. The Bertz CT molecular complexity index is 746. The van der Waals surface area contributed by atoms with Gasteiger partial charge in [0.2, 0.25) is 0 Å². The van der Waals surface area contributed by atoms with Gasteiger partial charge >= 0.3 is 0 Å². The minimum Gasteiger partial charge on any atom is -0.0763 e. The van der Waals surface area contributed by atoms with E-state index in [1.807, 2.05) is 0 Å². The molecule has 2 aromatic rings. The van der Waals surface area contributed by atoms with Crippen molar-refractivity contribution in [1.82, 2.24) is 0 Å². The first-order valence-electron chi connectivity index (χ1n) is 7.90. The molecule has 0 heteroatoms. The van der Waals surface area contributed by atoms with Crippen LogP contribution in [0.2, 0.25) is 0 Å². The summed E-state index contributed by atoms with van der Waals surface area (Å²) in [6.45, 7) is 2.30. The van der Waals surface area contributed by atoms with Crippen LogP contribution in [0.1, 0.15) is 47.9 Å². The molecular weight excluding hydrogens is 252 g/mol. The molecule has 21 heavy (non-hydrogen) atoms. The summed E-state index contributed by atoms with van der Waals surface area (Å²) in [6, 6.07) is 17.7. The molecule has 0 N–H and O–H groups in total. The number of hydrogen-bond acceptors (Lipinski definition) is 0. The molecule has 0 radical (unpaired) electrons. The largest absolute Gasteiger partial charge is 0.0763 e. The van der Waals surface area contributed by atoms with Gasteiger partial charge in [-0.1, -0.05) is 67.6 Å². The normalized spacial score (nSPS) is 19.0. The Kier molecular flexibility index (Phi) is 3.03. The zero-order valence-corrected chi connectivity index (χ0v) is 12.5. The lowest BCUT2D eigenvalue weighted by Gasteiger charge is -2.08. The van der Waals surface area contributed by atoms with E-state index >= 15 is 0 Å². The predicted molar refractivity (Wildman–Crippen MR) is 90.2 cm³/mol. The zero-order chi connectivity index (χ0) is 14.2. The monoisotopic (exact) mass is 272 g/mol. The van der Waals surface area contributed by atoms with Crippen molar-refractivity contribution in [3.63, 3.8) is 0 Å². The van der Waals surface area contributed by atoms with Gasteiger partial charge in [0, 0.05) is 5.92 Å². The zero-order valence-electron chi connectivity index (χ0n) is 12.5. The molecule has 0 spiro atoms. The van der Waals surface area contributed by atoms with Crippen LogP contribution in [0.25, 0.3) is 11.1 Å². The molecule has 0 amide bonds. The molecule has 0 aromatic heterocycles. The smallest absolute Gasteiger partial charge is 0.000163 e. The van der Waals surface area contributed by atoms with Crippen molar-refractivity contribution in [3.05, 3.63) is 82.9 Å². The fraction of sp³-hybridized carbons (Fsp3) is 0.238. The van der Waals surface area contributed by atoms with E-state index in [4.69, 9.17) is 0 Å². The molecule has 2 aliphatic carbocycles. The first-order valence-corrected chi connectivity index (χ1v) is 7.90. The number of rotatable bonds is 3.